The van der Waals surface area contributed by atoms with Crippen LogP contribution in [-0.4, -0.2) is 55.5 Å². The lowest BCUT2D eigenvalue weighted by Gasteiger charge is -2.36. The van der Waals surface area contributed by atoms with Crippen LogP contribution in [0.4, 0.5) is 17.1 Å². The Morgan fingerprint density at radius 3 is 2.83 bits per heavy atom. The van der Waals surface area contributed by atoms with Crippen LogP contribution in [0.25, 0.3) is 0 Å². The van der Waals surface area contributed by atoms with Crippen molar-refractivity contribution in [2.45, 2.75) is 51.1 Å². The van der Waals surface area contributed by atoms with E-state index in [0.717, 1.165) is 54.6 Å². The minimum Gasteiger partial charge on any atom is -0.404 e. The first-order valence-corrected chi connectivity index (χ1v) is 12.7. The molecule has 0 bridgehead atoms. The zero-order valence-electron chi connectivity index (χ0n) is 21.2. The van der Waals surface area contributed by atoms with Gasteiger partial charge in [0.05, 0.1) is 29.8 Å². The van der Waals surface area contributed by atoms with Crippen LogP contribution in [0.5, 0.6) is 0 Å². The Morgan fingerprint density at radius 2 is 2.14 bits per heavy atom. The van der Waals surface area contributed by atoms with E-state index in [0.29, 0.717) is 6.04 Å². The van der Waals surface area contributed by atoms with E-state index >= 15 is 0 Å². The van der Waals surface area contributed by atoms with Crippen LogP contribution in [0.3, 0.4) is 0 Å². The molecule has 8 nitrogen and oxygen atoms in total. The maximum Gasteiger partial charge on any atom is 0.253 e. The number of nitrogens with zero attached hydrogens (tertiary/aromatic N) is 5. The van der Waals surface area contributed by atoms with E-state index in [-0.39, 0.29) is 13.0 Å². The number of allylic oxidation sites excluding steroid dienone is 1. The molecule has 3 N–H and O–H groups in total. The van der Waals surface area contributed by atoms with Crippen molar-refractivity contribution in [2.24, 2.45) is 16.6 Å². The number of pyridine rings is 2. The summed E-state index contributed by atoms with van der Waals surface area (Å²) in [4.78, 5) is 26.2. The molecule has 2 aromatic heterocycles. The lowest BCUT2D eigenvalue weighted by molar-refractivity contribution is 0.280. The van der Waals surface area contributed by atoms with Crippen molar-refractivity contribution in [3.8, 4) is 0 Å². The number of aliphatic imine (C=N–C) groups is 1. The van der Waals surface area contributed by atoms with Crippen molar-refractivity contribution in [3.05, 3.63) is 58.9 Å². The summed E-state index contributed by atoms with van der Waals surface area (Å²) < 4.78 is 1.71. The molecule has 35 heavy (non-hydrogen) atoms. The molecule has 2 aromatic rings. The molecule has 0 spiro atoms. The molecule has 4 rings (SSSR count). The maximum atomic E-state index is 13.1. The number of nitrogens with two attached hydrogens (primary N) is 1. The van der Waals surface area contributed by atoms with Gasteiger partial charge < -0.3 is 25.4 Å². The summed E-state index contributed by atoms with van der Waals surface area (Å²) in [6, 6.07) is 6.00. The van der Waals surface area contributed by atoms with Crippen molar-refractivity contribution in [3.63, 3.8) is 0 Å². The van der Waals surface area contributed by atoms with Gasteiger partial charge in [-0.3, -0.25) is 14.8 Å². The van der Waals surface area contributed by atoms with Gasteiger partial charge >= 0.3 is 0 Å². The van der Waals surface area contributed by atoms with E-state index < -0.39 is 0 Å². The van der Waals surface area contributed by atoms with E-state index in [1.807, 2.05) is 44.2 Å². The number of hydrogen-bond donors (Lipinski definition) is 2. The van der Waals surface area contributed by atoms with Gasteiger partial charge in [0.25, 0.3) is 5.56 Å². The number of anilines is 2. The number of hydrogen-bond acceptors (Lipinski definition) is 7. The lowest BCUT2D eigenvalue weighted by Crippen LogP contribution is -2.47. The quantitative estimate of drug-likeness (QED) is 0.533. The van der Waals surface area contributed by atoms with E-state index in [2.05, 4.69) is 20.2 Å². The Bertz CT molecular complexity index is 1110. The second kappa shape index (κ2) is 11.5. The van der Waals surface area contributed by atoms with Crippen LogP contribution in [-0.2, 0) is 0 Å². The zero-order valence-corrected chi connectivity index (χ0v) is 21.2. The highest BCUT2D eigenvalue weighted by molar-refractivity contribution is 5.82. The van der Waals surface area contributed by atoms with Crippen LogP contribution >= 0.6 is 0 Å². The number of rotatable bonds is 9. The minimum absolute atomic E-state index is 0. The topological polar surface area (TPSA) is 91.8 Å². The van der Waals surface area contributed by atoms with Crippen LogP contribution < -0.4 is 26.4 Å². The van der Waals surface area contributed by atoms with Crippen LogP contribution in [0.15, 0.2) is 58.3 Å². The summed E-state index contributed by atoms with van der Waals surface area (Å²) in [5.41, 5.74) is 9.33. The molecule has 1 saturated heterocycles. The second-order valence-corrected chi connectivity index (χ2v) is 10.0. The Balaban J connectivity index is 0.00000361. The molecular formula is C27H41N7O. The van der Waals surface area contributed by atoms with Gasteiger partial charge in [0.2, 0.25) is 0 Å². The minimum atomic E-state index is -0.242. The van der Waals surface area contributed by atoms with Crippen molar-refractivity contribution in [2.75, 3.05) is 43.5 Å². The Kier molecular flexibility index (Phi) is 8.23. The third-order valence-electron chi connectivity index (χ3n) is 7.32. The number of piperidine rings is 1. The Morgan fingerprint density at radius 1 is 1.31 bits per heavy atom. The third-order valence-corrected chi connectivity index (χ3v) is 7.32. The second-order valence-electron chi connectivity index (χ2n) is 10.0. The van der Waals surface area contributed by atoms with Gasteiger partial charge in [-0.1, -0.05) is 6.42 Å². The molecule has 8 heteroatoms. The van der Waals surface area contributed by atoms with Gasteiger partial charge in [-0.05, 0) is 57.2 Å². The largest absolute Gasteiger partial charge is 0.404 e. The normalized spacial score (nSPS) is 20.1. The molecule has 190 valence electrons. The predicted octanol–water partition coefficient (Wildman–Crippen LogP) is 3.72. The van der Waals surface area contributed by atoms with Gasteiger partial charge in [-0.25, -0.2) is 0 Å². The molecule has 0 radical (unpaired) electrons. The molecule has 3 heterocycles. The van der Waals surface area contributed by atoms with E-state index in [4.69, 9.17) is 5.73 Å². The Hall–Kier alpha value is -3.13. The first kappa shape index (κ1) is 25.0. The first-order chi connectivity index (χ1) is 16.9. The van der Waals surface area contributed by atoms with E-state index in [1.54, 1.807) is 29.2 Å². The SMILES string of the molecule is CC(/C(C=Nc1cncc(N(C)C)c1)=C/N)n1ccc(N2CCC[C@@H](NCC3CCC3)C2)cc1=O.[HH]. The van der Waals surface area contributed by atoms with E-state index in [9.17, 15) is 4.79 Å². The highest BCUT2D eigenvalue weighted by atomic mass is 16.1. The molecule has 1 unspecified atom stereocenters. The average Bonchev–Trinajstić information content (AvgIpc) is 2.83. The van der Waals surface area contributed by atoms with Crippen molar-refractivity contribution >= 4 is 23.3 Å². The molecule has 0 amide bonds. The fraction of sp³-hybridized carbons (Fsp3) is 0.519. The first-order valence-electron chi connectivity index (χ1n) is 12.7. The summed E-state index contributed by atoms with van der Waals surface area (Å²) in [5, 5.41) is 3.76. The zero-order chi connectivity index (χ0) is 24.8. The molecule has 2 aliphatic rings. The molecular weight excluding hydrogens is 438 g/mol. The lowest BCUT2D eigenvalue weighted by atomic mass is 9.85. The standard InChI is InChI=1S/C27H39N7O.H2/c1-20(22(14-28)16-31-24-12-26(32(2)3)18-29-17-24)34-11-9-25(13-27(34)35)33-10-5-8-23(19-33)30-15-21-6-4-7-21;/h9,11-14,16-18,20-21,23,30H,4-8,10,15,19,28H2,1-3H3;1H/b22-14+,31-16?;/t20?,23-;/m1./s1. The van der Waals surface area contributed by atoms with Gasteiger partial charge in [0.1, 0.15) is 0 Å². The van der Waals surface area contributed by atoms with E-state index in [1.165, 1.54) is 31.9 Å². The molecule has 1 aliphatic carbocycles. The molecule has 2 fully saturated rings. The highest BCUT2D eigenvalue weighted by Gasteiger charge is 2.23. The fourth-order valence-corrected chi connectivity index (χ4v) is 4.74. The molecule has 1 saturated carbocycles. The Labute approximate surface area is 210 Å². The summed E-state index contributed by atoms with van der Waals surface area (Å²) in [7, 11) is 3.92. The average molecular weight is 480 g/mol. The summed E-state index contributed by atoms with van der Waals surface area (Å²) >= 11 is 0. The van der Waals surface area contributed by atoms with Crippen molar-refractivity contribution in [1.82, 2.24) is 14.9 Å². The van der Waals surface area contributed by atoms with Crippen molar-refractivity contribution < 1.29 is 1.43 Å². The summed E-state index contributed by atoms with van der Waals surface area (Å²) in [6.07, 6.45) is 15.0. The van der Waals surface area contributed by atoms with Crippen LogP contribution in [0.2, 0.25) is 0 Å². The highest BCUT2D eigenvalue weighted by Crippen LogP contribution is 2.26. The molecule has 0 aromatic carbocycles. The fourth-order valence-electron chi connectivity index (χ4n) is 4.74. The summed E-state index contributed by atoms with van der Waals surface area (Å²) in [6.45, 7) is 5.03. The van der Waals surface area contributed by atoms with Gasteiger partial charge in [0.15, 0.2) is 0 Å². The van der Waals surface area contributed by atoms with Crippen LogP contribution in [0, 0.1) is 5.92 Å². The smallest absolute Gasteiger partial charge is 0.253 e. The number of nitrogens with one attached hydrogen (secondary N) is 1. The number of aromatic nitrogens is 2. The molecule has 2 atom stereocenters. The predicted molar refractivity (Wildman–Crippen MR) is 147 cm³/mol. The van der Waals surface area contributed by atoms with Gasteiger partial charge in [-0.2, -0.15) is 0 Å². The van der Waals surface area contributed by atoms with Gasteiger partial charge in [-0.15, -0.1) is 0 Å². The maximum absolute atomic E-state index is 13.1. The van der Waals surface area contributed by atoms with Crippen LogP contribution in [0.1, 0.15) is 46.5 Å². The summed E-state index contributed by atoms with van der Waals surface area (Å²) in [5.74, 6) is 0.859. The van der Waals surface area contributed by atoms with Gasteiger partial charge in [0, 0.05) is 70.6 Å². The molecule has 1 aliphatic heterocycles. The third kappa shape index (κ3) is 6.31. The van der Waals surface area contributed by atoms with Crippen molar-refractivity contribution in [1.29, 1.82) is 0 Å². The monoisotopic (exact) mass is 479 g/mol.